The maximum absolute atomic E-state index is 12.4. The summed E-state index contributed by atoms with van der Waals surface area (Å²) in [7, 11) is 0. The molecule has 0 aromatic carbocycles. The Morgan fingerprint density at radius 3 is 1.45 bits per heavy atom. The zero-order chi connectivity index (χ0) is 49.3. The second-order valence-corrected chi connectivity index (χ2v) is 17.9. The molecule has 6 N–H and O–H groups in total. The van der Waals surface area contributed by atoms with Gasteiger partial charge < -0.3 is 50.2 Å². The molecular weight excluding hydrogens is 859 g/mol. The van der Waals surface area contributed by atoms with Crippen molar-refractivity contribution in [2.24, 2.45) is 11.3 Å². The summed E-state index contributed by atoms with van der Waals surface area (Å²) in [6, 6.07) is -1.11. The van der Waals surface area contributed by atoms with Gasteiger partial charge in [0.25, 0.3) is 0 Å². The van der Waals surface area contributed by atoms with Crippen molar-refractivity contribution < 1.29 is 74.0 Å². The van der Waals surface area contributed by atoms with E-state index < -0.39 is 35.3 Å². The van der Waals surface area contributed by atoms with Crippen LogP contribution in [0.4, 0.5) is 0 Å². The number of hydrogen-bond donors (Lipinski definition) is 6. The lowest BCUT2D eigenvalue weighted by atomic mass is 9.84. The quantitative estimate of drug-likeness (QED) is 0.0359. The van der Waals surface area contributed by atoms with Crippen LogP contribution >= 0.6 is 0 Å². The van der Waals surface area contributed by atoms with Crippen molar-refractivity contribution in [3.8, 4) is 0 Å². The van der Waals surface area contributed by atoms with Crippen LogP contribution in [0.3, 0.4) is 0 Å². The summed E-state index contributed by atoms with van der Waals surface area (Å²) in [6.07, 6.45) is 17.8. The first-order valence-electron chi connectivity index (χ1n) is 24.4. The number of unbranched alkanes of at least 4 members (excludes halogenated alkanes) is 14. The van der Waals surface area contributed by atoms with Crippen molar-refractivity contribution in [3.05, 3.63) is 0 Å². The van der Waals surface area contributed by atoms with E-state index in [0.29, 0.717) is 45.3 Å². The molecule has 0 heterocycles. The molecule has 0 aromatic rings. The molecule has 0 aliphatic carbocycles. The zero-order valence-corrected chi connectivity index (χ0v) is 40.4. The number of ketones is 2. The van der Waals surface area contributed by atoms with Crippen LogP contribution in [-0.4, -0.2) is 135 Å². The SMILES string of the molecule is CC(C)(C)C(=O)C[C@@H](CCCCNC(=O)COCCOCCNC(=O)COCCOCCCC(=O)CC[C@H](NC(=O)CCCCCCCCCCCCCCCCC(=O)O)C(=O)O)C(=O)O.[HH]. The predicted octanol–water partition coefficient (Wildman–Crippen LogP) is 6.43. The molecule has 66 heavy (non-hydrogen) atoms. The lowest BCUT2D eigenvalue weighted by Gasteiger charge is -2.19. The van der Waals surface area contributed by atoms with Gasteiger partial charge in [-0.1, -0.05) is 104 Å². The van der Waals surface area contributed by atoms with Crippen LogP contribution in [0.1, 0.15) is 176 Å². The maximum Gasteiger partial charge on any atom is 0.326 e. The highest BCUT2D eigenvalue weighted by Crippen LogP contribution is 2.23. The van der Waals surface area contributed by atoms with E-state index in [1.807, 2.05) is 0 Å². The molecule has 0 radical (unpaired) electrons. The molecule has 3 amide bonds. The average Bonchev–Trinajstić information content (AvgIpc) is 3.25. The number of Topliss-reactive ketones (excluding diaryl/α,β-unsaturated/α-hetero) is 2. The van der Waals surface area contributed by atoms with Crippen molar-refractivity contribution in [1.82, 2.24) is 16.0 Å². The summed E-state index contributed by atoms with van der Waals surface area (Å²) in [5, 5.41) is 35.5. The number of aliphatic carboxylic acids is 3. The third kappa shape index (κ3) is 40.3. The van der Waals surface area contributed by atoms with Gasteiger partial charge in [-0.3, -0.25) is 33.6 Å². The minimum absolute atomic E-state index is 0. The third-order valence-corrected chi connectivity index (χ3v) is 10.8. The number of amides is 3. The van der Waals surface area contributed by atoms with Gasteiger partial charge >= 0.3 is 17.9 Å². The second kappa shape index (κ2) is 41.2. The summed E-state index contributed by atoms with van der Waals surface area (Å²) in [6.45, 7) is 6.95. The number of nitrogens with one attached hydrogen (secondary N) is 3. The fourth-order valence-corrected chi connectivity index (χ4v) is 6.73. The molecule has 18 nitrogen and oxygen atoms in total. The largest absolute Gasteiger partial charge is 0.481 e. The summed E-state index contributed by atoms with van der Waals surface area (Å²) >= 11 is 0. The van der Waals surface area contributed by atoms with Crippen LogP contribution in [0.5, 0.6) is 0 Å². The molecule has 18 heteroatoms. The second-order valence-electron chi connectivity index (χ2n) is 17.9. The van der Waals surface area contributed by atoms with E-state index in [-0.39, 0.29) is 122 Å². The van der Waals surface area contributed by atoms with E-state index in [1.54, 1.807) is 20.8 Å². The van der Waals surface area contributed by atoms with E-state index in [0.717, 1.165) is 38.5 Å². The lowest BCUT2D eigenvalue weighted by Crippen LogP contribution is -2.41. The minimum Gasteiger partial charge on any atom is -0.481 e. The maximum atomic E-state index is 12.4. The smallest absolute Gasteiger partial charge is 0.326 e. The molecule has 0 fully saturated rings. The molecule has 0 spiro atoms. The number of carbonyl (C=O) groups is 8. The van der Waals surface area contributed by atoms with Crippen molar-refractivity contribution >= 4 is 47.2 Å². The number of ether oxygens (including phenoxy) is 4. The summed E-state index contributed by atoms with van der Waals surface area (Å²) in [5.74, 6) is -4.76. The fraction of sp³-hybridized carbons (Fsp3) is 0.833. The first-order valence-corrected chi connectivity index (χ1v) is 24.4. The molecule has 384 valence electrons. The van der Waals surface area contributed by atoms with Gasteiger partial charge in [-0.2, -0.15) is 0 Å². The standard InChI is InChI=1S/C48H85N3O15.H2/c1-48(2,3)41(53)35-38(46(59)60)21-18-19-27-49-43(55)36-66-34-32-64-30-28-50-44(56)37-65-33-31-63-29-20-22-39(52)25-26-40(47(61)62)51-42(54)23-16-14-12-10-8-6-4-5-7-9-11-13-15-17-24-45(57)58;/h38,40H,4-37H2,1-3H3,(H,49,55)(H,50,56)(H,51,54)(H,57,58)(H,59,60)(H,61,62);1H/t38-,40+;/m1./s1. The zero-order valence-electron chi connectivity index (χ0n) is 40.4. The Morgan fingerprint density at radius 1 is 0.470 bits per heavy atom. The van der Waals surface area contributed by atoms with E-state index in [1.165, 1.54) is 44.9 Å². The normalized spacial score (nSPS) is 12.3. The Bertz CT molecular complexity index is 1380. The third-order valence-electron chi connectivity index (χ3n) is 10.8. The van der Waals surface area contributed by atoms with Crippen molar-refractivity contribution in [2.45, 2.75) is 181 Å². The summed E-state index contributed by atoms with van der Waals surface area (Å²) in [4.78, 5) is 94.5. The predicted molar refractivity (Wildman–Crippen MR) is 250 cm³/mol. The van der Waals surface area contributed by atoms with Crippen LogP contribution in [0.25, 0.3) is 0 Å². The van der Waals surface area contributed by atoms with Crippen LogP contribution in [0, 0.1) is 11.3 Å². The van der Waals surface area contributed by atoms with Gasteiger partial charge in [-0.05, 0) is 38.5 Å². The van der Waals surface area contributed by atoms with E-state index >= 15 is 0 Å². The van der Waals surface area contributed by atoms with Crippen molar-refractivity contribution in [2.75, 3.05) is 65.9 Å². The number of carbonyl (C=O) groups excluding carboxylic acids is 5. The van der Waals surface area contributed by atoms with Gasteiger partial charge in [-0.15, -0.1) is 0 Å². The molecule has 0 rings (SSSR count). The molecule has 0 aromatic heterocycles. The number of rotatable bonds is 47. The Kier molecular flexibility index (Phi) is 38.7. The van der Waals surface area contributed by atoms with Crippen molar-refractivity contribution in [3.63, 3.8) is 0 Å². The Balaban J connectivity index is 0. The van der Waals surface area contributed by atoms with Crippen LogP contribution in [0.15, 0.2) is 0 Å². The highest BCUT2D eigenvalue weighted by atomic mass is 16.5. The van der Waals surface area contributed by atoms with Gasteiger partial charge in [-0.25, -0.2) is 4.79 Å². The number of carboxylic acids is 3. The topological polar surface area (TPSA) is 270 Å². The molecule has 2 atom stereocenters. The van der Waals surface area contributed by atoms with Gasteiger partial charge in [0, 0.05) is 58.6 Å². The average molecular weight is 946 g/mol. The fourth-order valence-electron chi connectivity index (χ4n) is 6.73. The molecule has 0 bridgehead atoms. The first-order chi connectivity index (χ1) is 31.5. The highest BCUT2D eigenvalue weighted by molar-refractivity contribution is 5.87. The summed E-state index contributed by atoms with van der Waals surface area (Å²) in [5.41, 5.74) is -0.585. The Morgan fingerprint density at radius 2 is 0.955 bits per heavy atom. The van der Waals surface area contributed by atoms with Gasteiger partial charge in [0.15, 0.2) is 0 Å². The monoisotopic (exact) mass is 946 g/mol. The molecule has 0 aliphatic heterocycles. The van der Waals surface area contributed by atoms with E-state index in [4.69, 9.17) is 24.1 Å². The van der Waals surface area contributed by atoms with E-state index in [2.05, 4.69) is 16.0 Å². The van der Waals surface area contributed by atoms with Gasteiger partial charge in [0.05, 0.1) is 39.0 Å². The minimum atomic E-state index is -1.16. The first kappa shape index (κ1) is 62.0. The molecule has 0 saturated heterocycles. The molecule has 0 saturated carbocycles. The van der Waals surface area contributed by atoms with Crippen molar-refractivity contribution in [1.29, 1.82) is 0 Å². The van der Waals surface area contributed by atoms with Gasteiger partial charge in [0.2, 0.25) is 17.7 Å². The molecule has 0 unspecified atom stereocenters. The molecular formula is C48H87N3O15. The number of carboxylic acid groups (broad SMARTS) is 3. The Labute approximate surface area is 394 Å². The molecule has 0 aliphatic rings. The highest BCUT2D eigenvalue weighted by Gasteiger charge is 2.28. The van der Waals surface area contributed by atoms with Crippen LogP contribution in [-0.2, 0) is 57.3 Å². The Hall–Kier alpha value is -4.00. The van der Waals surface area contributed by atoms with Crippen LogP contribution < -0.4 is 16.0 Å². The lowest BCUT2D eigenvalue weighted by molar-refractivity contribution is -0.145. The van der Waals surface area contributed by atoms with Gasteiger partial charge in [0.1, 0.15) is 30.8 Å². The van der Waals surface area contributed by atoms with Crippen LogP contribution in [0.2, 0.25) is 0 Å². The number of hydrogen-bond acceptors (Lipinski definition) is 12. The summed E-state index contributed by atoms with van der Waals surface area (Å²) < 4.78 is 21.4. The van der Waals surface area contributed by atoms with E-state index in [9.17, 15) is 48.6 Å².